The quantitative estimate of drug-likeness (QED) is 0.772. The first kappa shape index (κ1) is 14.6. The Labute approximate surface area is 121 Å². The third-order valence-corrected chi connectivity index (χ3v) is 4.18. The summed E-state index contributed by atoms with van der Waals surface area (Å²) in [5, 5.41) is 0.0308. The number of methoxy groups -OCH3 is 1. The molecule has 0 radical (unpaired) electrons. The number of ether oxygens (including phenoxy) is 1. The number of halogens is 1. The van der Waals surface area contributed by atoms with Crippen molar-refractivity contribution in [3.8, 4) is 5.75 Å². The maximum absolute atomic E-state index is 6.53. The van der Waals surface area contributed by atoms with Crippen LogP contribution in [0.1, 0.15) is 17.9 Å². The average molecular weight is 283 g/mol. The van der Waals surface area contributed by atoms with E-state index in [9.17, 15) is 0 Å². The molecule has 1 atom stereocenters. The standard InChI is InChI=1S/C15H23ClN2O/c1-3-17-7-9-18(10-8-17)12-15(16)13-5-4-6-14(11-13)19-2/h4-6,11,15H,3,7-10,12H2,1-2H3. The van der Waals surface area contributed by atoms with Crippen molar-refractivity contribution in [2.24, 2.45) is 0 Å². The monoisotopic (exact) mass is 282 g/mol. The van der Waals surface area contributed by atoms with Gasteiger partial charge in [0, 0.05) is 32.7 Å². The Morgan fingerprint density at radius 3 is 2.53 bits per heavy atom. The molecule has 1 unspecified atom stereocenters. The van der Waals surface area contributed by atoms with E-state index in [4.69, 9.17) is 16.3 Å². The summed E-state index contributed by atoms with van der Waals surface area (Å²) in [6.45, 7) is 8.80. The van der Waals surface area contributed by atoms with Gasteiger partial charge in [-0.25, -0.2) is 0 Å². The fourth-order valence-corrected chi connectivity index (χ4v) is 2.79. The summed E-state index contributed by atoms with van der Waals surface area (Å²) in [5.41, 5.74) is 1.14. The highest BCUT2D eigenvalue weighted by molar-refractivity contribution is 6.21. The molecule has 0 spiro atoms. The summed E-state index contributed by atoms with van der Waals surface area (Å²) < 4.78 is 5.24. The van der Waals surface area contributed by atoms with E-state index in [1.807, 2.05) is 18.2 Å². The predicted octanol–water partition coefficient (Wildman–Crippen LogP) is 2.61. The fraction of sp³-hybridized carbons (Fsp3) is 0.600. The van der Waals surface area contributed by atoms with Gasteiger partial charge in [-0.2, -0.15) is 0 Å². The molecule has 0 N–H and O–H groups in total. The molecule has 0 saturated carbocycles. The predicted molar refractivity (Wildman–Crippen MR) is 80.1 cm³/mol. The maximum Gasteiger partial charge on any atom is 0.119 e. The molecule has 1 saturated heterocycles. The van der Waals surface area contributed by atoms with Gasteiger partial charge in [0.15, 0.2) is 0 Å². The van der Waals surface area contributed by atoms with Gasteiger partial charge < -0.3 is 9.64 Å². The zero-order chi connectivity index (χ0) is 13.7. The Morgan fingerprint density at radius 1 is 1.21 bits per heavy atom. The molecule has 0 amide bonds. The molecule has 1 heterocycles. The Hall–Kier alpha value is -0.770. The summed E-state index contributed by atoms with van der Waals surface area (Å²) in [6, 6.07) is 8.05. The van der Waals surface area contributed by atoms with E-state index in [2.05, 4.69) is 22.8 Å². The van der Waals surface area contributed by atoms with Gasteiger partial charge in [-0.05, 0) is 24.2 Å². The van der Waals surface area contributed by atoms with E-state index in [0.29, 0.717) is 0 Å². The van der Waals surface area contributed by atoms with Crippen LogP contribution in [-0.2, 0) is 0 Å². The van der Waals surface area contributed by atoms with Crippen LogP contribution >= 0.6 is 11.6 Å². The minimum Gasteiger partial charge on any atom is -0.497 e. The molecule has 0 bridgehead atoms. The molecular weight excluding hydrogens is 260 g/mol. The molecule has 0 aromatic heterocycles. The van der Waals surface area contributed by atoms with Gasteiger partial charge in [0.25, 0.3) is 0 Å². The van der Waals surface area contributed by atoms with Crippen molar-refractivity contribution in [1.82, 2.24) is 9.80 Å². The second kappa shape index (κ2) is 7.13. The minimum absolute atomic E-state index is 0.0308. The molecule has 1 fully saturated rings. The van der Waals surface area contributed by atoms with Gasteiger partial charge in [-0.3, -0.25) is 4.90 Å². The lowest BCUT2D eigenvalue weighted by Crippen LogP contribution is -2.46. The lowest BCUT2D eigenvalue weighted by atomic mass is 10.1. The lowest BCUT2D eigenvalue weighted by molar-refractivity contribution is 0.137. The smallest absolute Gasteiger partial charge is 0.119 e. The molecule has 3 nitrogen and oxygen atoms in total. The van der Waals surface area contributed by atoms with E-state index in [-0.39, 0.29) is 5.38 Å². The number of hydrogen-bond acceptors (Lipinski definition) is 3. The summed E-state index contributed by atoms with van der Waals surface area (Å²) in [6.07, 6.45) is 0. The first-order valence-corrected chi connectivity index (χ1v) is 7.39. The van der Waals surface area contributed by atoms with Crippen LogP contribution in [0.4, 0.5) is 0 Å². The van der Waals surface area contributed by atoms with Crippen molar-refractivity contribution in [2.45, 2.75) is 12.3 Å². The first-order chi connectivity index (χ1) is 9.22. The molecular formula is C15H23ClN2O. The normalized spacial score (nSPS) is 19.3. The number of likely N-dealkylation sites (N-methyl/N-ethyl adjacent to an activating group) is 1. The maximum atomic E-state index is 6.53. The molecule has 1 aromatic carbocycles. The lowest BCUT2D eigenvalue weighted by Gasteiger charge is -2.35. The summed E-state index contributed by atoms with van der Waals surface area (Å²) >= 11 is 6.53. The number of nitrogens with zero attached hydrogens (tertiary/aromatic N) is 2. The Balaban J connectivity index is 1.88. The van der Waals surface area contributed by atoms with Gasteiger partial charge in [0.1, 0.15) is 5.75 Å². The second-order valence-electron chi connectivity index (χ2n) is 4.98. The number of piperazine rings is 1. The van der Waals surface area contributed by atoms with Gasteiger partial charge in [-0.15, -0.1) is 11.6 Å². The summed E-state index contributed by atoms with van der Waals surface area (Å²) in [5.74, 6) is 0.874. The van der Waals surface area contributed by atoms with Crippen LogP contribution in [0.3, 0.4) is 0 Å². The highest BCUT2D eigenvalue weighted by Crippen LogP contribution is 2.25. The van der Waals surface area contributed by atoms with Crippen molar-refractivity contribution in [3.05, 3.63) is 29.8 Å². The van der Waals surface area contributed by atoms with Crippen molar-refractivity contribution >= 4 is 11.6 Å². The van der Waals surface area contributed by atoms with Gasteiger partial charge in [-0.1, -0.05) is 19.1 Å². The number of rotatable bonds is 5. The van der Waals surface area contributed by atoms with Gasteiger partial charge >= 0.3 is 0 Å². The van der Waals surface area contributed by atoms with Crippen LogP contribution in [-0.4, -0.2) is 56.2 Å². The number of alkyl halides is 1. The number of benzene rings is 1. The van der Waals surface area contributed by atoms with Crippen LogP contribution in [0, 0.1) is 0 Å². The van der Waals surface area contributed by atoms with E-state index < -0.39 is 0 Å². The highest BCUT2D eigenvalue weighted by atomic mass is 35.5. The molecule has 1 aliphatic heterocycles. The Kier molecular flexibility index (Phi) is 5.49. The zero-order valence-electron chi connectivity index (χ0n) is 11.8. The topological polar surface area (TPSA) is 15.7 Å². The molecule has 19 heavy (non-hydrogen) atoms. The molecule has 4 heteroatoms. The Bertz CT molecular complexity index is 391. The van der Waals surface area contributed by atoms with Crippen LogP contribution in [0.25, 0.3) is 0 Å². The van der Waals surface area contributed by atoms with E-state index in [0.717, 1.165) is 50.6 Å². The minimum atomic E-state index is 0.0308. The molecule has 106 valence electrons. The molecule has 1 aliphatic rings. The molecule has 0 aliphatic carbocycles. The van der Waals surface area contributed by atoms with Crippen LogP contribution in [0.2, 0.25) is 0 Å². The van der Waals surface area contributed by atoms with Crippen molar-refractivity contribution in [2.75, 3.05) is 46.4 Å². The second-order valence-corrected chi connectivity index (χ2v) is 5.51. The van der Waals surface area contributed by atoms with Crippen molar-refractivity contribution in [1.29, 1.82) is 0 Å². The average Bonchev–Trinajstić information content (AvgIpc) is 2.48. The fourth-order valence-electron chi connectivity index (χ4n) is 2.46. The van der Waals surface area contributed by atoms with Crippen molar-refractivity contribution < 1.29 is 4.74 Å². The van der Waals surface area contributed by atoms with Crippen LogP contribution < -0.4 is 4.74 Å². The van der Waals surface area contributed by atoms with Gasteiger partial charge in [0.05, 0.1) is 12.5 Å². The summed E-state index contributed by atoms with van der Waals surface area (Å²) in [4.78, 5) is 4.93. The Morgan fingerprint density at radius 2 is 1.89 bits per heavy atom. The van der Waals surface area contributed by atoms with Crippen molar-refractivity contribution in [3.63, 3.8) is 0 Å². The van der Waals surface area contributed by atoms with E-state index in [1.54, 1.807) is 7.11 Å². The highest BCUT2D eigenvalue weighted by Gasteiger charge is 2.19. The third-order valence-electron chi connectivity index (χ3n) is 3.79. The molecule has 1 aromatic rings. The van der Waals surface area contributed by atoms with Crippen LogP contribution in [0.5, 0.6) is 5.75 Å². The number of hydrogen-bond donors (Lipinski definition) is 0. The molecule has 2 rings (SSSR count). The first-order valence-electron chi connectivity index (χ1n) is 6.95. The van der Waals surface area contributed by atoms with Crippen LogP contribution in [0.15, 0.2) is 24.3 Å². The van der Waals surface area contributed by atoms with Gasteiger partial charge in [0.2, 0.25) is 0 Å². The van der Waals surface area contributed by atoms with E-state index >= 15 is 0 Å². The van der Waals surface area contributed by atoms with E-state index in [1.165, 1.54) is 0 Å². The largest absolute Gasteiger partial charge is 0.497 e. The summed E-state index contributed by atoms with van der Waals surface area (Å²) in [7, 11) is 1.69. The third kappa shape index (κ3) is 4.10. The SMILES string of the molecule is CCN1CCN(CC(Cl)c2cccc(OC)c2)CC1. The zero-order valence-corrected chi connectivity index (χ0v) is 12.6.